The van der Waals surface area contributed by atoms with Crippen molar-refractivity contribution in [1.82, 2.24) is 15.0 Å². The molecule has 8 nitrogen and oxygen atoms in total. The average Bonchev–Trinajstić information content (AvgIpc) is 3.54. The lowest BCUT2D eigenvalue weighted by Gasteiger charge is -2.42. The van der Waals surface area contributed by atoms with Crippen LogP contribution in [0, 0.1) is 23.2 Å². The van der Waals surface area contributed by atoms with Crippen LogP contribution in [0.2, 0.25) is 0 Å². The molecule has 1 saturated heterocycles. The fourth-order valence-electron chi connectivity index (χ4n) is 6.14. The summed E-state index contributed by atoms with van der Waals surface area (Å²) in [6.07, 6.45) is 3.54. The number of aromatic nitrogens is 2. The summed E-state index contributed by atoms with van der Waals surface area (Å²) in [7, 11) is 0. The first-order valence-electron chi connectivity index (χ1n) is 12.6. The number of carboxylic acid groups (broad SMARTS) is 1. The summed E-state index contributed by atoms with van der Waals surface area (Å²) in [6, 6.07) is 14.5. The molecule has 1 aromatic heterocycles. The van der Waals surface area contributed by atoms with Crippen molar-refractivity contribution in [1.29, 1.82) is 5.26 Å². The van der Waals surface area contributed by atoms with Crippen LogP contribution in [0.25, 0.3) is 22.8 Å². The van der Waals surface area contributed by atoms with Crippen LogP contribution >= 0.6 is 0 Å². The number of hydrogen-bond acceptors (Lipinski definition) is 7. The second-order valence-electron chi connectivity index (χ2n) is 10.4. The standard InChI is InChI=1S/C28H28N4O4/c1-15(2)35-24-7-6-17(10-19(24)14-29)27-30-26(31-36-27)22-5-3-4-21-23(22)13-16-8-9-32(25(16)21)20-11-18(12-20)28(33)34/h3-7,10,15-16,18,20,25H,8-9,11-13H2,1-2H3,(H,33,34)/t16-,18?,20?,25-/m0/s1. The van der Waals surface area contributed by atoms with Crippen molar-refractivity contribution in [2.75, 3.05) is 6.54 Å². The van der Waals surface area contributed by atoms with Gasteiger partial charge in [-0.15, -0.1) is 0 Å². The Labute approximate surface area is 209 Å². The molecule has 3 aliphatic rings. The molecular weight excluding hydrogens is 456 g/mol. The lowest BCUT2D eigenvalue weighted by atomic mass is 9.79. The third-order valence-corrected chi connectivity index (χ3v) is 7.87. The Balaban J connectivity index is 1.27. The average molecular weight is 485 g/mol. The molecule has 0 amide bonds. The number of carboxylic acids is 1. The highest BCUT2D eigenvalue weighted by molar-refractivity contribution is 5.71. The van der Waals surface area contributed by atoms with Gasteiger partial charge >= 0.3 is 5.97 Å². The van der Waals surface area contributed by atoms with Gasteiger partial charge in [0.25, 0.3) is 5.89 Å². The smallest absolute Gasteiger partial charge is 0.306 e. The first-order chi connectivity index (χ1) is 17.4. The second-order valence-corrected chi connectivity index (χ2v) is 10.4. The molecule has 2 aliphatic carbocycles. The van der Waals surface area contributed by atoms with E-state index in [1.165, 1.54) is 11.1 Å². The second kappa shape index (κ2) is 8.75. The summed E-state index contributed by atoms with van der Waals surface area (Å²) < 4.78 is 11.3. The predicted molar refractivity (Wildman–Crippen MR) is 131 cm³/mol. The molecule has 2 heterocycles. The van der Waals surface area contributed by atoms with Gasteiger partial charge in [0, 0.05) is 23.2 Å². The number of hydrogen-bond donors (Lipinski definition) is 1. The third kappa shape index (κ3) is 3.75. The van der Waals surface area contributed by atoms with E-state index in [4.69, 9.17) is 14.2 Å². The molecule has 0 bridgehead atoms. The van der Waals surface area contributed by atoms with Gasteiger partial charge in [-0.2, -0.15) is 10.2 Å². The number of ether oxygens (including phenoxy) is 1. The first kappa shape index (κ1) is 22.7. The third-order valence-electron chi connectivity index (χ3n) is 7.87. The molecule has 0 radical (unpaired) electrons. The maximum atomic E-state index is 11.3. The molecule has 1 aliphatic heterocycles. The lowest BCUT2D eigenvalue weighted by molar-refractivity contribution is -0.147. The number of likely N-dealkylation sites (tertiary alicyclic amines) is 1. The van der Waals surface area contributed by atoms with E-state index in [1.807, 2.05) is 26.0 Å². The SMILES string of the molecule is CC(C)Oc1ccc(-c2nc(-c3cccc4c3C[C@@H]3CCN(C5CC(C(=O)O)C5)[C@H]43)no2)cc1C#N. The zero-order valence-electron chi connectivity index (χ0n) is 20.3. The normalized spacial score (nSPS) is 24.7. The Morgan fingerprint density at radius 2 is 2.11 bits per heavy atom. The van der Waals surface area contributed by atoms with Crippen LogP contribution in [-0.4, -0.2) is 44.8 Å². The summed E-state index contributed by atoms with van der Waals surface area (Å²) in [6.45, 7) is 4.87. The van der Waals surface area contributed by atoms with E-state index in [9.17, 15) is 15.2 Å². The maximum absolute atomic E-state index is 11.3. The summed E-state index contributed by atoms with van der Waals surface area (Å²) in [5.74, 6) is 1.10. The lowest BCUT2D eigenvalue weighted by Crippen LogP contribution is -2.46. The highest BCUT2D eigenvalue weighted by Gasteiger charge is 2.48. The van der Waals surface area contributed by atoms with E-state index in [2.05, 4.69) is 28.3 Å². The minimum absolute atomic E-state index is 0.0311. The van der Waals surface area contributed by atoms with E-state index in [0.717, 1.165) is 37.8 Å². The number of nitriles is 1. The molecule has 36 heavy (non-hydrogen) atoms. The van der Waals surface area contributed by atoms with Crippen molar-refractivity contribution >= 4 is 5.97 Å². The zero-order chi connectivity index (χ0) is 25.0. The highest BCUT2D eigenvalue weighted by Crippen LogP contribution is 2.52. The summed E-state index contributed by atoms with van der Waals surface area (Å²) in [4.78, 5) is 18.5. The Morgan fingerprint density at radius 1 is 1.28 bits per heavy atom. The van der Waals surface area contributed by atoms with Crippen molar-refractivity contribution in [2.45, 2.75) is 57.7 Å². The van der Waals surface area contributed by atoms with Gasteiger partial charge in [0.1, 0.15) is 11.8 Å². The van der Waals surface area contributed by atoms with E-state index < -0.39 is 5.97 Å². The number of benzene rings is 2. The highest BCUT2D eigenvalue weighted by atomic mass is 16.5. The number of fused-ring (bicyclic) bond motifs is 3. The van der Waals surface area contributed by atoms with Gasteiger partial charge in [-0.25, -0.2) is 0 Å². The van der Waals surface area contributed by atoms with Gasteiger partial charge < -0.3 is 14.4 Å². The quantitative estimate of drug-likeness (QED) is 0.529. The monoisotopic (exact) mass is 484 g/mol. The van der Waals surface area contributed by atoms with Gasteiger partial charge in [0.2, 0.25) is 5.82 Å². The van der Waals surface area contributed by atoms with Crippen LogP contribution in [0.3, 0.4) is 0 Å². The van der Waals surface area contributed by atoms with Crippen molar-refractivity contribution < 1.29 is 19.2 Å². The van der Waals surface area contributed by atoms with Gasteiger partial charge in [0.05, 0.1) is 17.6 Å². The molecule has 184 valence electrons. The largest absolute Gasteiger partial charge is 0.490 e. The van der Waals surface area contributed by atoms with Gasteiger partial charge in [-0.3, -0.25) is 9.69 Å². The molecule has 2 aromatic carbocycles. The van der Waals surface area contributed by atoms with E-state index in [-0.39, 0.29) is 12.0 Å². The van der Waals surface area contributed by atoms with E-state index >= 15 is 0 Å². The molecule has 2 fully saturated rings. The Morgan fingerprint density at radius 3 is 2.86 bits per heavy atom. The molecule has 1 saturated carbocycles. The summed E-state index contributed by atoms with van der Waals surface area (Å²) in [5, 5.41) is 23.2. The Bertz CT molecular complexity index is 1370. The molecule has 8 heteroatoms. The number of nitrogens with zero attached hydrogens (tertiary/aromatic N) is 4. The fourth-order valence-corrected chi connectivity index (χ4v) is 6.14. The van der Waals surface area contributed by atoms with Crippen molar-refractivity contribution in [3.63, 3.8) is 0 Å². The van der Waals surface area contributed by atoms with Crippen LogP contribution in [0.1, 0.15) is 55.8 Å². The molecule has 2 atom stereocenters. The molecule has 0 unspecified atom stereocenters. The van der Waals surface area contributed by atoms with Crippen LogP contribution < -0.4 is 4.74 Å². The Kier molecular flexibility index (Phi) is 5.53. The van der Waals surface area contributed by atoms with Crippen molar-refractivity contribution in [3.8, 4) is 34.7 Å². The zero-order valence-corrected chi connectivity index (χ0v) is 20.3. The van der Waals surface area contributed by atoms with Crippen LogP contribution in [0.4, 0.5) is 0 Å². The maximum Gasteiger partial charge on any atom is 0.306 e. The van der Waals surface area contributed by atoms with E-state index in [0.29, 0.717) is 46.6 Å². The molecular formula is C28H28N4O4. The minimum atomic E-state index is -0.673. The molecule has 1 N–H and O–H groups in total. The number of carbonyl (C=O) groups is 1. The fraction of sp³-hybridized carbons (Fsp3) is 0.429. The topological polar surface area (TPSA) is 112 Å². The number of aliphatic carboxylic acids is 1. The van der Waals surface area contributed by atoms with Crippen LogP contribution in [-0.2, 0) is 11.2 Å². The number of rotatable bonds is 6. The van der Waals surface area contributed by atoms with Crippen molar-refractivity contribution in [3.05, 3.63) is 53.1 Å². The summed E-state index contributed by atoms with van der Waals surface area (Å²) >= 11 is 0. The molecule has 6 rings (SSSR count). The van der Waals surface area contributed by atoms with E-state index in [1.54, 1.807) is 12.1 Å². The molecule has 0 spiro atoms. The minimum Gasteiger partial charge on any atom is -0.490 e. The van der Waals surface area contributed by atoms with Gasteiger partial charge in [0.15, 0.2) is 0 Å². The van der Waals surface area contributed by atoms with Crippen LogP contribution in [0.15, 0.2) is 40.9 Å². The first-order valence-corrected chi connectivity index (χ1v) is 12.6. The molecule has 3 aromatic rings. The Hall–Kier alpha value is -3.70. The van der Waals surface area contributed by atoms with Gasteiger partial charge in [-0.05, 0) is 81.3 Å². The summed E-state index contributed by atoms with van der Waals surface area (Å²) in [5.41, 5.74) is 4.65. The van der Waals surface area contributed by atoms with Crippen molar-refractivity contribution in [2.24, 2.45) is 11.8 Å². The van der Waals surface area contributed by atoms with Gasteiger partial charge in [-0.1, -0.05) is 23.4 Å². The van der Waals surface area contributed by atoms with Crippen LogP contribution in [0.5, 0.6) is 5.75 Å². The predicted octanol–water partition coefficient (Wildman–Crippen LogP) is 4.84.